The number of halogens is 5. The van der Waals surface area contributed by atoms with Crippen LogP contribution in [0.2, 0.25) is 0 Å². The number of alkyl halides is 3. The van der Waals surface area contributed by atoms with Gasteiger partial charge in [-0.15, -0.1) is 11.8 Å². The number of hydrogen-bond donors (Lipinski definition) is 0. The molecule has 1 aliphatic rings. The van der Waals surface area contributed by atoms with Crippen molar-refractivity contribution in [2.45, 2.75) is 55.8 Å². The van der Waals surface area contributed by atoms with Gasteiger partial charge in [-0.1, -0.05) is 59.9 Å². The molecular formula is C41H40F5N3O3S. The van der Waals surface area contributed by atoms with Crippen molar-refractivity contribution in [1.29, 1.82) is 0 Å². The van der Waals surface area contributed by atoms with Crippen LogP contribution in [0.15, 0.2) is 100 Å². The number of nitrogens with zero attached hydrogens (tertiary/aromatic N) is 3. The van der Waals surface area contributed by atoms with Gasteiger partial charge in [-0.2, -0.15) is 13.2 Å². The van der Waals surface area contributed by atoms with E-state index in [1.165, 1.54) is 14.0 Å². The standard InChI is InChI=1S/C41H40F5N3O3S/c1-27-6-15-36-34(22-27)37(50)23-39(53-26-31-4-3-5-35(42)40(31)43)49(36)25-38(51)48(33-16-18-47(19-17-33)20-21-52-2)24-28-7-9-29(10-8-28)30-11-13-32(14-12-30)41(44,45)46/h3-15,22-23,33H,16-21,24-26H2,1-2H3/i3D,4D,5D,6D,7D,8D,9D,10D,11D,12D,13D,14D,15D,22D,23D,24D2,26D2. The van der Waals surface area contributed by atoms with E-state index in [2.05, 4.69) is 0 Å². The minimum absolute atomic E-state index is 0.0995. The third-order valence-corrected chi connectivity index (χ3v) is 8.84. The first-order valence-corrected chi connectivity index (χ1v) is 16.6. The van der Waals surface area contributed by atoms with Crippen LogP contribution in [0.25, 0.3) is 22.0 Å². The maximum atomic E-state index is 15.5. The minimum Gasteiger partial charge on any atom is -0.383 e. The Morgan fingerprint density at radius 3 is 2.32 bits per heavy atom. The van der Waals surface area contributed by atoms with Gasteiger partial charge in [0, 0.05) is 64.7 Å². The normalized spacial score (nSPS) is 19.8. The molecule has 6 rings (SSSR count). The molecule has 5 aromatic rings. The summed E-state index contributed by atoms with van der Waals surface area (Å²) in [6, 6.07) is -20.1. The third-order valence-electron chi connectivity index (χ3n) is 8.01. The summed E-state index contributed by atoms with van der Waals surface area (Å²) < 4.78 is 242. The molecule has 1 amide bonds. The van der Waals surface area contributed by atoms with Gasteiger partial charge in [-0.25, -0.2) is 8.78 Å². The second-order valence-corrected chi connectivity index (χ2v) is 12.4. The first-order valence-electron chi connectivity index (χ1n) is 25.3. The molecule has 0 radical (unpaired) electrons. The van der Waals surface area contributed by atoms with Crippen molar-refractivity contribution in [3.63, 3.8) is 0 Å². The van der Waals surface area contributed by atoms with E-state index in [1.807, 2.05) is 4.90 Å². The molecule has 0 unspecified atom stereocenters. The first-order chi connectivity index (χ1) is 33.2. The Morgan fingerprint density at radius 2 is 1.66 bits per heavy atom. The summed E-state index contributed by atoms with van der Waals surface area (Å²) in [5.74, 6) is -5.58. The van der Waals surface area contributed by atoms with Crippen LogP contribution in [0.3, 0.4) is 0 Å². The fourth-order valence-electron chi connectivity index (χ4n) is 5.34. The van der Waals surface area contributed by atoms with E-state index < -0.39 is 188 Å². The first kappa shape index (κ1) is 20.8. The highest BCUT2D eigenvalue weighted by atomic mass is 32.2. The average molecular weight is 769 g/mol. The molecule has 0 atom stereocenters. The largest absolute Gasteiger partial charge is 0.416 e. The van der Waals surface area contributed by atoms with Crippen LogP contribution < -0.4 is 5.43 Å². The number of amides is 1. The number of fused-ring (bicyclic) bond motifs is 1. The van der Waals surface area contributed by atoms with E-state index in [0.29, 0.717) is 16.0 Å². The van der Waals surface area contributed by atoms with Crippen molar-refractivity contribution in [1.82, 2.24) is 14.4 Å². The Kier molecular flexibility index (Phi) is 6.54. The monoisotopic (exact) mass is 768 g/mol. The van der Waals surface area contributed by atoms with Crippen LogP contribution in [-0.2, 0) is 34.5 Å². The van der Waals surface area contributed by atoms with Crippen molar-refractivity contribution < 1.29 is 57.5 Å². The van der Waals surface area contributed by atoms with Gasteiger partial charge in [0.25, 0.3) is 0 Å². The van der Waals surface area contributed by atoms with Gasteiger partial charge >= 0.3 is 6.18 Å². The number of pyridine rings is 1. The van der Waals surface area contributed by atoms with Gasteiger partial charge in [-0.3, -0.25) is 9.59 Å². The smallest absolute Gasteiger partial charge is 0.383 e. The molecule has 53 heavy (non-hydrogen) atoms. The number of carbonyl (C=O) groups is 1. The maximum Gasteiger partial charge on any atom is 0.416 e. The molecule has 1 aliphatic heterocycles. The summed E-state index contributed by atoms with van der Waals surface area (Å²) >= 11 is -0.307. The quantitative estimate of drug-likeness (QED) is 0.0940. The lowest BCUT2D eigenvalue weighted by atomic mass is 10.00. The van der Waals surface area contributed by atoms with E-state index in [1.54, 1.807) is 0 Å². The van der Waals surface area contributed by atoms with Gasteiger partial charge in [0.15, 0.2) is 17.1 Å². The zero-order valence-electron chi connectivity index (χ0n) is 46.9. The molecule has 12 heteroatoms. The molecule has 278 valence electrons. The van der Waals surface area contributed by atoms with Gasteiger partial charge in [0.1, 0.15) is 6.54 Å². The predicted octanol–water partition coefficient (Wildman–Crippen LogP) is 8.71. The zero-order valence-corrected chi connectivity index (χ0v) is 28.7. The molecule has 1 aromatic heterocycles. The number of thioether (sulfide) groups is 1. The number of piperidine rings is 1. The summed E-state index contributed by atoms with van der Waals surface area (Å²) in [6.45, 7) is -2.85. The minimum atomic E-state index is -5.41. The Bertz CT molecular complexity index is 3070. The lowest BCUT2D eigenvalue weighted by Gasteiger charge is -2.39. The van der Waals surface area contributed by atoms with Crippen LogP contribution >= 0.6 is 11.8 Å². The van der Waals surface area contributed by atoms with Crippen molar-refractivity contribution in [2.24, 2.45) is 0 Å². The van der Waals surface area contributed by atoms with Crippen molar-refractivity contribution in [2.75, 3.05) is 33.4 Å². The van der Waals surface area contributed by atoms with Crippen molar-refractivity contribution in [3.8, 4) is 11.1 Å². The molecule has 0 spiro atoms. The van der Waals surface area contributed by atoms with Crippen LogP contribution in [-0.4, -0.2) is 59.7 Å². The van der Waals surface area contributed by atoms with Crippen molar-refractivity contribution >= 4 is 28.6 Å². The van der Waals surface area contributed by atoms with Gasteiger partial charge < -0.3 is 19.1 Å². The number of rotatable bonds is 12. The Balaban J connectivity index is 1.63. The molecule has 0 N–H and O–H groups in total. The van der Waals surface area contributed by atoms with E-state index in [0.717, 1.165) is 0 Å². The Hall–Kier alpha value is -4.52. The van der Waals surface area contributed by atoms with E-state index in [4.69, 9.17) is 28.0 Å². The maximum absolute atomic E-state index is 15.5. The highest BCUT2D eigenvalue weighted by Crippen LogP contribution is 2.32. The van der Waals surface area contributed by atoms with Crippen LogP contribution in [0.4, 0.5) is 22.0 Å². The third kappa shape index (κ3) is 9.17. The number of carbonyl (C=O) groups excluding carboxylic acids is 1. The van der Waals surface area contributed by atoms with E-state index in [9.17, 15) is 25.1 Å². The SMILES string of the molecule is [2H]c1c([2H])c(F)c(F)c(C([2H])([2H])Sc2c([2H])c(=O)c3c([2H])c(C)c([2H])c([2H])c3n2CC(=O)N(C2CCN(CCOC)CC2)C([2H])([2H])c2c([2H])c([2H])c(-c3c([2H])c([2H])c(C(F)(F)F)c([2H])c3[2H])c([2H])c2[2H])c1[2H]. The summed E-state index contributed by atoms with van der Waals surface area (Å²) in [7, 11) is 1.44. The molecule has 0 bridgehead atoms. The second-order valence-electron chi connectivity index (χ2n) is 11.6. The van der Waals surface area contributed by atoms with Crippen LogP contribution in [0, 0.1) is 18.6 Å². The summed E-state index contributed by atoms with van der Waals surface area (Å²) in [6.07, 6.45) is -5.61. The molecule has 0 aliphatic carbocycles. The summed E-state index contributed by atoms with van der Waals surface area (Å²) in [4.78, 5) is 31.7. The van der Waals surface area contributed by atoms with Crippen molar-refractivity contribution in [3.05, 3.63) is 135 Å². The Labute approximate surface area is 335 Å². The topological polar surface area (TPSA) is 54.8 Å². The fraction of sp³-hybridized carbons (Fsp3) is 0.317. The molecule has 2 heterocycles. The molecule has 4 aromatic carbocycles. The van der Waals surface area contributed by atoms with E-state index in [-0.39, 0.29) is 49.9 Å². The van der Waals surface area contributed by atoms with Crippen LogP contribution in [0.1, 0.15) is 61.1 Å². The van der Waals surface area contributed by atoms with Crippen LogP contribution in [0.5, 0.6) is 0 Å². The molecule has 1 fully saturated rings. The predicted molar refractivity (Wildman–Crippen MR) is 198 cm³/mol. The zero-order chi connectivity index (χ0) is 54.3. The lowest BCUT2D eigenvalue weighted by Crippen LogP contribution is -2.48. The molecule has 0 saturated carbocycles. The number of aromatic nitrogens is 1. The molecular weight excluding hydrogens is 710 g/mol. The highest BCUT2D eigenvalue weighted by Gasteiger charge is 2.31. The number of ether oxygens (including phenoxy) is 1. The fourth-order valence-corrected chi connectivity index (χ4v) is 6.09. The number of methoxy groups -OCH3 is 1. The Morgan fingerprint density at radius 1 is 0.981 bits per heavy atom. The van der Waals surface area contributed by atoms with Gasteiger partial charge in [0.2, 0.25) is 5.91 Å². The number of likely N-dealkylation sites (tertiary alicyclic amines) is 1. The molecule has 6 nitrogen and oxygen atoms in total. The van der Waals surface area contributed by atoms with Gasteiger partial charge in [0.05, 0.1) is 46.0 Å². The average Bonchev–Trinajstić information content (AvgIpc) is 3.30. The number of benzene rings is 4. The molecule has 1 saturated heterocycles. The lowest BCUT2D eigenvalue weighted by molar-refractivity contribution is -0.137. The van der Waals surface area contributed by atoms with E-state index >= 15 is 9.18 Å². The van der Waals surface area contributed by atoms with Gasteiger partial charge in [-0.05, 0) is 66.7 Å². The highest BCUT2D eigenvalue weighted by molar-refractivity contribution is 7.98. The summed E-state index contributed by atoms with van der Waals surface area (Å²) in [5, 5.41) is -1.77. The number of hydrogen-bond acceptors (Lipinski definition) is 5. The second kappa shape index (κ2) is 16.7. The summed E-state index contributed by atoms with van der Waals surface area (Å²) in [5.41, 5.74) is -12.8.